The lowest BCUT2D eigenvalue weighted by molar-refractivity contribution is 0.0602. The number of carbonyl (C=O) groups is 1. The number of hydrogen-bond donors (Lipinski definition) is 2. The number of thiophene rings is 1. The van der Waals surface area contributed by atoms with Crippen LogP contribution in [0.1, 0.15) is 22.2 Å². The molecule has 0 spiro atoms. The van der Waals surface area contributed by atoms with Crippen molar-refractivity contribution in [3.05, 3.63) is 15.8 Å². The molecule has 0 fully saturated rings. The average Bonchev–Trinajstić information content (AvgIpc) is 2.70. The largest absolute Gasteiger partial charge is 0.465 e. The van der Waals surface area contributed by atoms with Gasteiger partial charge in [-0.15, -0.1) is 11.3 Å². The van der Waals surface area contributed by atoms with Gasteiger partial charge in [-0.2, -0.15) is 0 Å². The van der Waals surface area contributed by atoms with Gasteiger partial charge in [0.05, 0.1) is 13.7 Å². The van der Waals surface area contributed by atoms with Gasteiger partial charge in [-0.1, -0.05) is 0 Å². The molecule has 0 amide bonds. The van der Waals surface area contributed by atoms with E-state index in [9.17, 15) is 13.2 Å². The molecule has 8 heteroatoms. The van der Waals surface area contributed by atoms with Crippen LogP contribution in [0.25, 0.3) is 0 Å². The highest BCUT2D eigenvalue weighted by Crippen LogP contribution is 2.27. The molecule has 1 rings (SSSR count). The molecule has 0 radical (unpaired) electrons. The number of esters is 1. The number of hydrogen-bond acceptors (Lipinski definition) is 6. The maximum absolute atomic E-state index is 12.1. The van der Waals surface area contributed by atoms with E-state index < -0.39 is 22.0 Å². The quantitative estimate of drug-likeness (QED) is 0.771. The highest BCUT2D eigenvalue weighted by atomic mass is 32.2. The van der Waals surface area contributed by atoms with Crippen molar-refractivity contribution in [3.8, 4) is 0 Å². The van der Waals surface area contributed by atoms with Crippen molar-refractivity contribution in [3.63, 3.8) is 0 Å². The number of methoxy groups -OCH3 is 1. The fourth-order valence-corrected chi connectivity index (χ4v) is 4.30. The molecular formula is C10H15NO5S2. The van der Waals surface area contributed by atoms with Crippen LogP contribution in [-0.2, 0) is 14.8 Å². The summed E-state index contributed by atoms with van der Waals surface area (Å²) in [5, 5.41) is 10.4. The molecule has 1 atom stereocenters. The monoisotopic (exact) mass is 293 g/mol. The zero-order valence-electron chi connectivity index (χ0n) is 10.3. The first-order chi connectivity index (χ1) is 8.33. The molecule has 1 heterocycles. The summed E-state index contributed by atoms with van der Waals surface area (Å²) >= 11 is 1.01. The average molecular weight is 293 g/mol. The maximum atomic E-state index is 12.1. The standard InChI is InChI=1S/C10H15NO5S2/c1-6-5-17-8(10(13)16-3)9(6)18(14,15)11-7(2)4-12/h5,7,11-12H,4H2,1-3H3. The number of nitrogens with one attached hydrogen (secondary N) is 1. The van der Waals surface area contributed by atoms with Crippen LogP contribution in [-0.4, -0.2) is 39.3 Å². The molecule has 0 aliphatic rings. The molecule has 1 unspecified atom stereocenters. The Hall–Kier alpha value is -0.960. The minimum absolute atomic E-state index is 0.0349. The van der Waals surface area contributed by atoms with Crippen LogP contribution in [0.4, 0.5) is 0 Å². The van der Waals surface area contributed by atoms with Gasteiger partial charge < -0.3 is 9.84 Å². The second-order valence-corrected chi connectivity index (χ2v) is 6.30. The predicted molar refractivity (Wildman–Crippen MR) is 67.3 cm³/mol. The van der Waals surface area contributed by atoms with E-state index in [1.54, 1.807) is 12.3 Å². The number of aliphatic hydroxyl groups is 1. The summed E-state index contributed by atoms with van der Waals surface area (Å²) in [7, 11) is -2.65. The molecule has 0 saturated carbocycles. The highest BCUT2D eigenvalue weighted by molar-refractivity contribution is 7.89. The molecule has 0 saturated heterocycles. The van der Waals surface area contributed by atoms with Crippen LogP contribution in [0, 0.1) is 6.92 Å². The number of aryl methyl sites for hydroxylation is 1. The van der Waals surface area contributed by atoms with Crippen LogP contribution >= 0.6 is 11.3 Å². The second kappa shape index (κ2) is 5.79. The van der Waals surface area contributed by atoms with Crippen LogP contribution < -0.4 is 4.72 Å². The predicted octanol–water partition coefficient (Wildman–Crippen LogP) is 0.502. The second-order valence-electron chi connectivity index (χ2n) is 3.77. The first-order valence-electron chi connectivity index (χ1n) is 5.13. The molecule has 0 aliphatic carbocycles. The topological polar surface area (TPSA) is 92.7 Å². The van der Waals surface area contributed by atoms with Crippen molar-refractivity contribution in [2.75, 3.05) is 13.7 Å². The zero-order valence-corrected chi connectivity index (χ0v) is 11.9. The molecule has 2 N–H and O–H groups in total. The van der Waals surface area contributed by atoms with Gasteiger partial charge in [-0.05, 0) is 24.8 Å². The fraction of sp³-hybridized carbons (Fsp3) is 0.500. The van der Waals surface area contributed by atoms with Crippen LogP contribution in [0.3, 0.4) is 0 Å². The molecule has 1 aromatic heterocycles. The van der Waals surface area contributed by atoms with Crippen molar-refractivity contribution >= 4 is 27.3 Å². The Morgan fingerprint density at radius 1 is 1.61 bits per heavy atom. The van der Waals surface area contributed by atoms with Gasteiger partial charge >= 0.3 is 5.97 Å². The third-order valence-corrected chi connectivity index (χ3v) is 5.17. The van der Waals surface area contributed by atoms with Gasteiger partial charge in [-0.3, -0.25) is 0 Å². The summed E-state index contributed by atoms with van der Waals surface area (Å²) < 4.78 is 31.0. The van der Waals surface area contributed by atoms with Crippen LogP contribution in [0.5, 0.6) is 0 Å². The molecule has 0 bridgehead atoms. The van der Waals surface area contributed by atoms with E-state index in [0.29, 0.717) is 5.56 Å². The van der Waals surface area contributed by atoms with E-state index in [4.69, 9.17) is 5.11 Å². The Morgan fingerprint density at radius 2 is 2.22 bits per heavy atom. The fourth-order valence-electron chi connectivity index (χ4n) is 1.36. The number of rotatable bonds is 5. The Morgan fingerprint density at radius 3 is 2.72 bits per heavy atom. The van der Waals surface area contributed by atoms with E-state index in [-0.39, 0.29) is 16.4 Å². The molecule has 18 heavy (non-hydrogen) atoms. The van der Waals surface area contributed by atoms with E-state index in [2.05, 4.69) is 9.46 Å². The Balaban J connectivity index is 3.24. The lowest BCUT2D eigenvalue weighted by Crippen LogP contribution is -2.35. The Labute approximate surface area is 110 Å². The minimum Gasteiger partial charge on any atom is -0.465 e. The van der Waals surface area contributed by atoms with E-state index >= 15 is 0 Å². The van der Waals surface area contributed by atoms with Gasteiger partial charge in [0.25, 0.3) is 0 Å². The van der Waals surface area contributed by atoms with Gasteiger partial charge in [0.1, 0.15) is 9.77 Å². The van der Waals surface area contributed by atoms with Crippen molar-refractivity contribution in [1.82, 2.24) is 4.72 Å². The molecule has 6 nitrogen and oxygen atoms in total. The Kier molecular flexibility index (Phi) is 4.85. The third kappa shape index (κ3) is 3.08. The summed E-state index contributed by atoms with van der Waals surface area (Å²) in [5.74, 6) is -0.690. The van der Waals surface area contributed by atoms with E-state index in [0.717, 1.165) is 11.3 Å². The van der Waals surface area contributed by atoms with Crippen molar-refractivity contribution < 1.29 is 23.1 Å². The van der Waals surface area contributed by atoms with Gasteiger partial charge in [0, 0.05) is 6.04 Å². The highest BCUT2D eigenvalue weighted by Gasteiger charge is 2.28. The number of sulfonamides is 1. The molecule has 0 aliphatic heterocycles. The minimum atomic E-state index is -3.85. The van der Waals surface area contributed by atoms with E-state index in [1.807, 2.05) is 0 Å². The van der Waals surface area contributed by atoms with Gasteiger partial charge in [-0.25, -0.2) is 17.9 Å². The zero-order chi connectivity index (χ0) is 13.9. The first kappa shape index (κ1) is 15.1. The molecule has 1 aromatic rings. The summed E-state index contributed by atoms with van der Waals surface area (Å²) in [4.78, 5) is 11.4. The summed E-state index contributed by atoms with van der Waals surface area (Å²) in [6, 6.07) is -0.625. The molecular weight excluding hydrogens is 278 g/mol. The van der Waals surface area contributed by atoms with Gasteiger partial charge in [0.15, 0.2) is 0 Å². The van der Waals surface area contributed by atoms with E-state index in [1.165, 1.54) is 14.0 Å². The number of aliphatic hydroxyl groups excluding tert-OH is 1. The van der Waals surface area contributed by atoms with Gasteiger partial charge in [0.2, 0.25) is 10.0 Å². The lowest BCUT2D eigenvalue weighted by atomic mass is 10.3. The first-order valence-corrected chi connectivity index (χ1v) is 7.49. The van der Waals surface area contributed by atoms with Crippen molar-refractivity contribution in [2.45, 2.75) is 24.8 Å². The van der Waals surface area contributed by atoms with Crippen LogP contribution in [0.2, 0.25) is 0 Å². The summed E-state index contributed by atoms with van der Waals surface area (Å²) in [6.07, 6.45) is 0. The van der Waals surface area contributed by atoms with Crippen LogP contribution in [0.15, 0.2) is 10.3 Å². The number of carbonyl (C=O) groups excluding carboxylic acids is 1. The third-order valence-electron chi connectivity index (χ3n) is 2.19. The van der Waals surface area contributed by atoms with Crippen molar-refractivity contribution in [1.29, 1.82) is 0 Å². The summed E-state index contributed by atoms with van der Waals surface area (Å²) in [5.41, 5.74) is 0.470. The lowest BCUT2D eigenvalue weighted by Gasteiger charge is -2.12. The molecule has 102 valence electrons. The summed E-state index contributed by atoms with van der Waals surface area (Å²) in [6.45, 7) is 2.80. The Bertz CT molecular complexity index is 534. The SMILES string of the molecule is COC(=O)c1scc(C)c1S(=O)(=O)NC(C)CO. The van der Waals surface area contributed by atoms with Crippen molar-refractivity contribution in [2.24, 2.45) is 0 Å². The number of ether oxygens (including phenoxy) is 1. The normalized spacial score (nSPS) is 13.3. The smallest absolute Gasteiger partial charge is 0.349 e. The molecule has 0 aromatic carbocycles. The maximum Gasteiger partial charge on any atom is 0.349 e.